The predicted octanol–water partition coefficient (Wildman–Crippen LogP) is 3.25. The van der Waals surface area contributed by atoms with Gasteiger partial charge in [-0.3, -0.25) is 0 Å². The van der Waals surface area contributed by atoms with Crippen LogP contribution in [0.1, 0.15) is 29.5 Å². The molecule has 0 spiro atoms. The maximum Gasteiger partial charge on any atom is 0.119 e. The highest BCUT2D eigenvalue weighted by Crippen LogP contribution is 2.35. The maximum absolute atomic E-state index is 8.78. The molecule has 1 aromatic rings. The van der Waals surface area contributed by atoms with E-state index < -0.39 is 0 Å². The fourth-order valence-electron chi connectivity index (χ4n) is 2.34. The summed E-state index contributed by atoms with van der Waals surface area (Å²) in [6.07, 6.45) is 4.89. The van der Waals surface area contributed by atoms with Gasteiger partial charge in [-0.05, 0) is 60.6 Å². The SMILES string of the molecule is COc1cc(C)c2c(c1)/C(=C/C#N)CCC2. The van der Waals surface area contributed by atoms with Crippen LogP contribution in [0.2, 0.25) is 0 Å². The van der Waals surface area contributed by atoms with Gasteiger partial charge in [-0.25, -0.2) is 0 Å². The van der Waals surface area contributed by atoms with Crippen molar-refractivity contribution < 1.29 is 4.74 Å². The third-order valence-corrected chi connectivity index (χ3v) is 3.14. The van der Waals surface area contributed by atoms with Gasteiger partial charge in [0.1, 0.15) is 5.75 Å². The van der Waals surface area contributed by atoms with E-state index in [4.69, 9.17) is 10.00 Å². The molecule has 1 aliphatic rings. The minimum Gasteiger partial charge on any atom is -0.497 e. The number of hydrogen-bond acceptors (Lipinski definition) is 2. The van der Waals surface area contributed by atoms with Gasteiger partial charge in [0, 0.05) is 6.08 Å². The molecule has 0 atom stereocenters. The van der Waals surface area contributed by atoms with Crippen molar-refractivity contribution in [1.29, 1.82) is 5.26 Å². The Morgan fingerprint density at radius 3 is 2.88 bits per heavy atom. The lowest BCUT2D eigenvalue weighted by atomic mass is 9.84. The molecule has 0 bridgehead atoms. The van der Waals surface area contributed by atoms with Crippen molar-refractivity contribution >= 4 is 5.57 Å². The van der Waals surface area contributed by atoms with Crippen LogP contribution in [-0.4, -0.2) is 7.11 Å². The fraction of sp³-hybridized carbons (Fsp3) is 0.357. The first-order valence-corrected chi connectivity index (χ1v) is 5.53. The van der Waals surface area contributed by atoms with Crippen LogP contribution in [0.15, 0.2) is 18.2 Å². The van der Waals surface area contributed by atoms with E-state index in [1.165, 1.54) is 16.7 Å². The molecule has 0 saturated carbocycles. The van der Waals surface area contributed by atoms with Gasteiger partial charge >= 0.3 is 0 Å². The standard InChI is InChI=1S/C14H15NO/c1-10-8-12(16-2)9-14-11(6-7-15)4-3-5-13(10)14/h6,8-9H,3-5H2,1-2H3/b11-6+. The molecule has 0 amide bonds. The number of ether oxygens (including phenoxy) is 1. The average molecular weight is 213 g/mol. The monoisotopic (exact) mass is 213 g/mol. The molecular formula is C14H15NO. The molecule has 2 nitrogen and oxygen atoms in total. The molecule has 0 fully saturated rings. The minimum absolute atomic E-state index is 0.877. The number of nitrogens with zero attached hydrogens (tertiary/aromatic N) is 1. The number of nitriles is 1. The third kappa shape index (κ3) is 1.81. The summed E-state index contributed by atoms with van der Waals surface area (Å²) in [5.41, 5.74) is 4.97. The quantitative estimate of drug-likeness (QED) is 0.671. The first-order chi connectivity index (χ1) is 7.76. The lowest BCUT2D eigenvalue weighted by Crippen LogP contribution is -2.04. The van der Waals surface area contributed by atoms with Gasteiger partial charge in [-0.1, -0.05) is 0 Å². The van der Waals surface area contributed by atoms with Gasteiger partial charge in [0.25, 0.3) is 0 Å². The van der Waals surface area contributed by atoms with Crippen molar-refractivity contribution in [2.75, 3.05) is 7.11 Å². The van der Waals surface area contributed by atoms with Crippen LogP contribution in [0.3, 0.4) is 0 Å². The summed E-state index contributed by atoms with van der Waals surface area (Å²) in [7, 11) is 1.68. The number of allylic oxidation sites excluding steroid dienone is 2. The predicted molar refractivity (Wildman–Crippen MR) is 64.3 cm³/mol. The zero-order chi connectivity index (χ0) is 11.5. The maximum atomic E-state index is 8.78. The number of methoxy groups -OCH3 is 1. The van der Waals surface area contributed by atoms with E-state index in [1.54, 1.807) is 13.2 Å². The van der Waals surface area contributed by atoms with E-state index in [2.05, 4.69) is 19.1 Å². The highest BCUT2D eigenvalue weighted by molar-refractivity contribution is 5.73. The van der Waals surface area contributed by atoms with E-state index in [1.807, 2.05) is 6.07 Å². The Balaban J connectivity index is 2.59. The number of benzene rings is 1. The van der Waals surface area contributed by atoms with Crippen molar-refractivity contribution in [3.8, 4) is 11.8 Å². The lowest BCUT2D eigenvalue weighted by Gasteiger charge is -2.21. The molecule has 2 rings (SSSR count). The summed E-state index contributed by atoms with van der Waals surface area (Å²) >= 11 is 0. The van der Waals surface area contributed by atoms with E-state index in [0.717, 1.165) is 30.6 Å². The Morgan fingerprint density at radius 2 is 2.19 bits per heavy atom. The third-order valence-electron chi connectivity index (χ3n) is 3.14. The molecule has 16 heavy (non-hydrogen) atoms. The Kier molecular flexibility index (Phi) is 2.96. The molecule has 1 aliphatic carbocycles. The van der Waals surface area contributed by atoms with Crippen LogP contribution in [0.4, 0.5) is 0 Å². The van der Waals surface area contributed by atoms with Gasteiger partial charge in [-0.15, -0.1) is 0 Å². The van der Waals surface area contributed by atoms with Crippen LogP contribution in [0.25, 0.3) is 5.57 Å². The summed E-state index contributed by atoms with van der Waals surface area (Å²) in [5, 5.41) is 8.78. The summed E-state index contributed by atoms with van der Waals surface area (Å²) in [5.74, 6) is 0.877. The molecule has 0 unspecified atom stereocenters. The summed E-state index contributed by atoms with van der Waals surface area (Å²) < 4.78 is 5.28. The van der Waals surface area contributed by atoms with E-state index in [0.29, 0.717) is 0 Å². The van der Waals surface area contributed by atoms with Gasteiger partial charge < -0.3 is 4.74 Å². The molecule has 82 valence electrons. The van der Waals surface area contributed by atoms with Gasteiger partial charge in [-0.2, -0.15) is 5.26 Å². The molecule has 0 heterocycles. The molecule has 2 heteroatoms. The summed E-state index contributed by atoms with van der Waals surface area (Å²) in [4.78, 5) is 0. The average Bonchev–Trinajstić information content (AvgIpc) is 2.30. The molecule has 0 radical (unpaired) electrons. The van der Waals surface area contributed by atoms with Crippen molar-refractivity contribution in [1.82, 2.24) is 0 Å². The molecule has 0 N–H and O–H groups in total. The largest absolute Gasteiger partial charge is 0.497 e. The van der Waals surface area contributed by atoms with Gasteiger partial charge in [0.15, 0.2) is 0 Å². The molecular weight excluding hydrogens is 198 g/mol. The zero-order valence-electron chi connectivity index (χ0n) is 9.71. The highest BCUT2D eigenvalue weighted by Gasteiger charge is 2.17. The first kappa shape index (κ1) is 10.8. The van der Waals surface area contributed by atoms with Crippen LogP contribution in [-0.2, 0) is 6.42 Å². The molecule has 0 aromatic heterocycles. The Hall–Kier alpha value is -1.75. The van der Waals surface area contributed by atoms with Crippen LogP contribution >= 0.6 is 0 Å². The summed E-state index contributed by atoms with van der Waals surface area (Å²) in [6.45, 7) is 2.11. The number of rotatable bonds is 1. The molecule has 0 aliphatic heterocycles. The van der Waals surface area contributed by atoms with Crippen molar-refractivity contribution in [3.05, 3.63) is 34.9 Å². The van der Waals surface area contributed by atoms with Crippen molar-refractivity contribution in [3.63, 3.8) is 0 Å². The van der Waals surface area contributed by atoms with Crippen LogP contribution in [0.5, 0.6) is 5.75 Å². The Labute approximate surface area is 96.2 Å². The van der Waals surface area contributed by atoms with Crippen molar-refractivity contribution in [2.24, 2.45) is 0 Å². The van der Waals surface area contributed by atoms with Crippen LogP contribution < -0.4 is 4.74 Å². The lowest BCUT2D eigenvalue weighted by molar-refractivity contribution is 0.414. The molecule has 1 aromatic carbocycles. The van der Waals surface area contributed by atoms with Gasteiger partial charge in [0.05, 0.1) is 13.2 Å². The Morgan fingerprint density at radius 1 is 1.38 bits per heavy atom. The second-order valence-electron chi connectivity index (χ2n) is 4.12. The van der Waals surface area contributed by atoms with E-state index >= 15 is 0 Å². The number of hydrogen-bond donors (Lipinski definition) is 0. The first-order valence-electron chi connectivity index (χ1n) is 5.53. The minimum atomic E-state index is 0.877. The topological polar surface area (TPSA) is 33.0 Å². The summed E-state index contributed by atoms with van der Waals surface area (Å²) in [6, 6.07) is 6.24. The molecule has 0 saturated heterocycles. The zero-order valence-corrected chi connectivity index (χ0v) is 9.71. The van der Waals surface area contributed by atoms with Gasteiger partial charge in [0.2, 0.25) is 0 Å². The second-order valence-corrected chi connectivity index (χ2v) is 4.12. The highest BCUT2D eigenvalue weighted by atomic mass is 16.5. The normalized spacial score (nSPS) is 16.7. The van der Waals surface area contributed by atoms with E-state index in [9.17, 15) is 0 Å². The van der Waals surface area contributed by atoms with Crippen LogP contribution in [0, 0.1) is 18.3 Å². The smallest absolute Gasteiger partial charge is 0.119 e. The van der Waals surface area contributed by atoms with E-state index in [-0.39, 0.29) is 0 Å². The second kappa shape index (κ2) is 4.40. The van der Waals surface area contributed by atoms with Crippen molar-refractivity contribution in [2.45, 2.75) is 26.2 Å². The number of fused-ring (bicyclic) bond motifs is 1. The number of aryl methyl sites for hydroxylation is 1. The Bertz CT molecular complexity index is 480. The fourth-order valence-corrected chi connectivity index (χ4v) is 2.34.